The van der Waals surface area contributed by atoms with Crippen LogP contribution < -0.4 is 10.6 Å². The molecule has 0 saturated heterocycles. The minimum Gasteiger partial charge on any atom is -0.455 e. The molecule has 0 amide bonds. The van der Waals surface area contributed by atoms with Gasteiger partial charge in [-0.3, -0.25) is 0 Å². The fraction of sp³-hybridized carbons (Fsp3) is 0.0333. The Morgan fingerprint density at radius 2 is 0.846 bits per heavy atom. The lowest BCUT2D eigenvalue weighted by atomic mass is 9.93. The predicted octanol–water partition coefficient (Wildman–Crippen LogP) is 14.3. The number of hydrogen-bond acceptors (Lipinski definition) is 5. The number of furan rings is 1. The van der Waals surface area contributed by atoms with E-state index in [1.807, 2.05) is 12.1 Å². The van der Waals surface area contributed by atoms with E-state index in [-0.39, 0.29) is 12.1 Å². The van der Waals surface area contributed by atoms with Gasteiger partial charge in [-0.25, -0.2) is 9.98 Å². The van der Waals surface area contributed by atoms with E-state index < -0.39 is 0 Å². The normalized spacial score (nSPS) is 16.0. The molecule has 2 aliphatic rings. The van der Waals surface area contributed by atoms with Crippen LogP contribution in [0.5, 0.6) is 0 Å². The van der Waals surface area contributed by atoms with Gasteiger partial charge in [0.15, 0.2) is 0 Å². The Morgan fingerprint density at radius 1 is 0.354 bits per heavy atom. The molecule has 10 aromatic rings. The molecule has 65 heavy (non-hydrogen) atoms. The lowest BCUT2D eigenvalue weighted by molar-refractivity contribution is 0.670. The molecule has 308 valence electrons. The highest BCUT2D eigenvalue weighted by Gasteiger charge is 2.23. The summed E-state index contributed by atoms with van der Waals surface area (Å²) in [5.41, 5.74) is 14.6. The molecule has 9 aromatic carbocycles. The van der Waals surface area contributed by atoms with Gasteiger partial charge in [0, 0.05) is 33.0 Å². The fourth-order valence-electron chi connectivity index (χ4n) is 9.33. The average Bonchev–Trinajstić information content (AvgIpc) is 3.79. The van der Waals surface area contributed by atoms with Gasteiger partial charge in [-0.05, 0) is 68.4 Å². The van der Waals surface area contributed by atoms with E-state index in [0.717, 1.165) is 89.5 Å². The van der Waals surface area contributed by atoms with Crippen molar-refractivity contribution >= 4 is 55.8 Å². The van der Waals surface area contributed by atoms with Crippen LogP contribution in [0.25, 0.3) is 66.4 Å². The second-order valence-corrected chi connectivity index (χ2v) is 16.6. The summed E-state index contributed by atoms with van der Waals surface area (Å²) >= 11 is 0. The predicted molar refractivity (Wildman–Crippen MR) is 269 cm³/mol. The topological polar surface area (TPSA) is 61.9 Å². The monoisotopic (exact) mass is 834 g/mol. The third-order valence-electron chi connectivity index (χ3n) is 12.6. The molecule has 0 fully saturated rings. The molecule has 1 aromatic heterocycles. The second kappa shape index (κ2) is 16.3. The van der Waals surface area contributed by atoms with Crippen LogP contribution in [0, 0.1) is 0 Å². The van der Waals surface area contributed by atoms with Gasteiger partial charge in [0.1, 0.15) is 22.8 Å². The smallest absolute Gasteiger partial charge is 0.143 e. The molecular weight excluding hydrogens is 793 g/mol. The lowest BCUT2D eigenvalue weighted by Crippen LogP contribution is -2.31. The van der Waals surface area contributed by atoms with Gasteiger partial charge in [-0.1, -0.05) is 206 Å². The molecule has 0 bridgehead atoms. The first kappa shape index (κ1) is 38.2. The summed E-state index contributed by atoms with van der Waals surface area (Å²) in [6, 6.07) is 76.6. The van der Waals surface area contributed by atoms with Crippen LogP contribution >= 0.6 is 0 Å². The molecule has 0 aliphatic carbocycles. The van der Waals surface area contributed by atoms with Gasteiger partial charge < -0.3 is 15.1 Å². The third kappa shape index (κ3) is 7.19. The maximum atomic E-state index is 6.76. The van der Waals surface area contributed by atoms with E-state index in [4.69, 9.17) is 14.4 Å². The number of aliphatic imine (C=N–C) groups is 2. The van der Waals surface area contributed by atoms with Crippen molar-refractivity contribution in [2.24, 2.45) is 9.98 Å². The first-order valence-corrected chi connectivity index (χ1v) is 22.1. The number of hydrogen-bond donors (Lipinski definition) is 2. The van der Waals surface area contributed by atoms with Crippen molar-refractivity contribution in [2.45, 2.75) is 12.1 Å². The largest absolute Gasteiger partial charge is 0.455 e. The minimum absolute atomic E-state index is 0.0143. The maximum Gasteiger partial charge on any atom is 0.143 e. The molecule has 2 aliphatic heterocycles. The SMILES string of the molecule is C1=C(c2ccccc2)N=C(c2ccc(-c3ccc(-c4ccc(C5=NC(c6cccc7ccccc67)=CC(c6ccccc6)N5)cc4)c4oc5ccccc5c34)cc2)NC1c1ccccc1. The highest BCUT2D eigenvalue weighted by Crippen LogP contribution is 2.42. The molecule has 0 radical (unpaired) electrons. The maximum absolute atomic E-state index is 6.76. The van der Waals surface area contributed by atoms with E-state index in [1.54, 1.807) is 0 Å². The van der Waals surface area contributed by atoms with Gasteiger partial charge in [0.25, 0.3) is 0 Å². The van der Waals surface area contributed by atoms with Gasteiger partial charge in [0.05, 0.1) is 23.5 Å². The van der Waals surface area contributed by atoms with Crippen molar-refractivity contribution in [1.29, 1.82) is 0 Å². The van der Waals surface area contributed by atoms with Crippen LogP contribution in [-0.4, -0.2) is 11.7 Å². The van der Waals surface area contributed by atoms with Crippen LogP contribution in [0.3, 0.4) is 0 Å². The number of nitrogens with one attached hydrogen (secondary N) is 2. The van der Waals surface area contributed by atoms with Crippen molar-refractivity contribution in [1.82, 2.24) is 10.6 Å². The number of benzene rings is 9. The van der Waals surface area contributed by atoms with Crippen LogP contribution in [0.2, 0.25) is 0 Å². The Morgan fingerprint density at radius 3 is 1.51 bits per heavy atom. The van der Waals surface area contributed by atoms with E-state index >= 15 is 0 Å². The first-order valence-electron chi connectivity index (χ1n) is 22.1. The Labute approximate surface area is 377 Å². The van der Waals surface area contributed by atoms with Crippen molar-refractivity contribution < 1.29 is 4.42 Å². The Balaban J connectivity index is 0.893. The molecule has 2 atom stereocenters. The summed E-state index contributed by atoms with van der Waals surface area (Å²) in [6.07, 6.45) is 4.45. The van der Waals surface area contributed by atoms with Crippen LogP contribution in [0.1, 0.15) is 45.5 Å². The summed E-state index contributed by atoms with van der Waals surface area (Å²) in [4.78, 5) is 10.4. The zero-order valence-corrected chi connectivity index (χ0v) is 35.4. The molecule has 12 rings (SSSR count). The quantitative estimate of drug-likeness (QED) is 0.160. The molecule has 0 spiro atoms. The zero-order valence-electron chi connectivity index (χ0n) is 35.4. The zero-order chi connectivity index (χ0) is 43.1. The Kier molecular flexibility index (Phi) is 9.57. The second-order valence-electron chi connectivity index (χ2n) is 16.6. The summed E-state index contributed by atoms with van der Waals surface area (Å²) in [5.74, 6) is 1.68. The van der Waals surface area contributed by atoms with E-state index in [0.29, 0.717) is 0 Å². The van der Waals surface area contributed by atoms with Crippen molar-refractivity contribution in [2.75, 3.05) is 0 Å². The average molecular weight is 835 g/mol. The third-order valence-corrected chi connectivity index (χ3v) is 12.6. The summed E-state index contributed by atoms with van der Waals surface area (Å²) in [5, 5.41) is 12.0. The van der Waals surface area contributed by atoms with E-state index in [2.05, 4.69) is 229 Å². The number of fused-ring (bicyclic) bond motifs is 4. The number of para-hydroxylation sites is 1. The fourth-order valence-corrected chi connectivity index (χ4v) is 9.33. The highest BCUT2D eigenvalue weighted by atomic mass is 16.3. The molecule has 3 heterocycles. The van der Waals surface area contributed by atoms with Gasteiger partial charge in [0.2, 0.25) is 0 Å². The van der Waals surface area contributed by atoms with E-state index in [1.165, 1.54) is 21.9 Å². The van der Waals surface area contributed by atoms with Crippen LogP contribution in [-0.2, 0) is 0 Å². The number of rotatable bonds is 8. The molecule has 0 saturated carbocycles. The van der Waals surface area contributed by atoms with Gasteiger partial charge in [-0.15, -0.1) is 0 Å². The number of amidine groups is 2. The Bertz CT molecular complexity index is 3510. The van der Waals surface area contributed by atoms with Crippen molar-refractivity contribution in [3.63, 3.8) is 0 Å². The van der Waals surface area contributed by atoms with Crippen LogP contribution in [0.15, 0.2) is 245 Å². The highest BCUT2D eigenvalue weighted by molar-refractivity contribution is 6.16. The molecule has 5 nitrogen and oxygen atoms in total. The van der Waals surface area contributed by atoms with Crippen LogP contribution in [0.4, 0.5) is 0 Å². The molecule has 2 N–H and O–H groups in total. The van der Waals surface area contributed by atoms with Gasteiger partial charge >= 0.3 is 0 Å². The van der Waals surface area contributed by atoms with E-state index in [9.17, 15) is 0 Å². The summed E-state index contributed by atoms with van der Waals surface area (Å²) < 4.78 is 6.76. The minimum atomic E-state index is -0.0455. The van der Waals surface area contributed by atoms with Crippen molar-refractivity contribution in [3.05, 3.63) is 264 Å². The molecular formula is C60H42N4O. The lowest BCUT2D eigenvalue weighted by Gasteiger charge is -2.25. The summed E-state index contributed by atoms with van der Waals surface area (Å²) in [7, 11) is 0. The molecule has 5 heteroatoms. The molecule has 2 unspecified atom stereocenters. The number of nitrogens with zero attached hydrogens (tertiary/aromatic N) is 2. The Hall–Kier alpha value is -8.54. The van der Waals surface area contributed by atoms with Crippen molar-refractivity contribution in [3.8, 4) is 22.3 Å². The standard InChI is InChI=1S/C60H42N4O/c1-4-16-42(17-5-1)52-37-53(43-18-6-2-7-19-43)62-59(61-52)45-31-27-40(28-32-45)48-35-36-49(58-57(48)51-24-12-13-26-56(51)65-58)41-29-33-46(34-30-41)60-63-54(44-20-8-3-9-21-44)38-55(64-60)50-25-14-22-39-15-10-11-23-47(39)50/h1-38,52,54H,(H,61,62)(H,63,64). The first-order chi connectivity index (χ1) is 32.2. The summed E-state index contributed by atoms with van der Waals surface area (Å²) in [6.45, 7) is 0. The van der Waals surface area contributed by atoms with Gasteiger partial charge in [-0.2, -0.15) is 0 Å².